The van der Waals surface area contributed by atoms with Crippen LogP contribution in [0.15, 0.2) is 36.4 Å². The summed E-state index contributed by atoms with van der Waals surface area (Å²) >= 11 is 0. The quantitative estimate of drug-likeness (QED) is 0.690. The van der Waals surface area contributed by atoms with Gasteiger partial charge in [-0.25, -0.2) is 0 Å². The summed E-state index contributed by atoms with van der Waals surface area (Å²) in [6.45, 7) is -1.12. The summed E-state index contributed by atoms with van der Waals surface area (Å²) in [6, 6.07) is 8.88. The van der Waals surface area contributed by atoms with Gasteiger partial charge in [-0.05, 0) is 24.6 Å². The highest BCUT2D eigenvalue weighted by Gasteiger charge is 2.22. The molecule has 0 radical (unpaired) electrons. The van der Waals surface area contributed by atoms with Crippen LogP contribution in [0.4, 0.5) is 8.78 Å². The summed E-state index contributed by atoms with van der Waals surface area (Å²) in [4.78, 5) is 12.8. The van der Waals surface area contributed by atoms with Crippen LogP contribution in [0.3, 0.4) is 0 Å². The minimum Gasteiger partial charge on any atom is -0.493 e. The Kier molecular flexibility index (Phi) is 7.43. The minimum atomic E-state index is -2.95. The summed E-state index contributed by atoms with van der Waals surface area (Å²) in [5, 5.41) is 2.84. The smallest absolute Gasteiger partial charge is 0.387 e. The molecule has 1 unspecified atom stereocenters. The van der Waals surface area contributed by atoms with Gasteiger partial charge in [0.2, 0.25) is 5.75 Å². The Bertz CT molecular complexity index is 788. The van der Waals surface area contributed by atoms with Gasteiger partial charge < -0.3 is 24.3 Å². The fourth-order valence-electron chi connectivity index (χ4n) is 2.83. The van der Waals surface area contributed by atoms with Gasteiger partial charge in [0.15, 0.2) is 11.5 Å². The second kappa shape index (κ2) is 9.77. The Labute approximate surface area is 162 Å². The number of nitrogens with one attached hydrogen (secondary N) is 1. The highest BCUT2D eigenvalue weighted by Crippen LogP contribution is 2.38. The number of halogens is 2. The Morgan fingerprint density at radius 1 is 1.00 bits per heavy atom. The van der Waals surface area contributed by atoms with Crippen molar-refractivity contribution in [2.75, 3.05) is 21.3 Å². The number of para-hydroxylation sites is 1. The number of benzene rings is 2. The van der Waals surface area contributed by atoms with Crippen LogP contribution in [0.5, 0.6) is 23.0 Å². The molecule has 2 aromatic carbocycles. The van der Waals surface area contributed by atoms with E-state index >= 15 is 0 Å². The molecular formula is C20H23F2NO5. The average Bonchev–Trinajstić information content (AvgIpc) is 2.70. The van der Waals surface area contributed by atoms with E-state index < -0.39 is 18.6 Å². The van der Waals surface area contributed by atoms with Crippen LogP contribution in [-0.4, -0.2) is 33.8 Å². The van der Waals surface area contributed by atoms with Crippen LogP contribution < -0.4 is 24.3 Å². The first kappa shape index (κ1) is 21.3. The number of alkyl halides is 2. The SMILES string of the molecule is CCC(NC(=O)c1cc(OC)c(OC)c(OC)c1)c1ccccc1OC(F)F. The number of amides is 1. The van der Waals surface area contributed by atoms with Crippen LogP contribution in [0.1, 0.15) is 35.3 Å². The van der Waals surface area contributed by atoms with Crippen LogP contribution in [0.25, 0.3) is 0 Å². The molecule has 1 atom stereocenters. The number of carbonyl (C=O) groups excluding carboxylic acids is 1. The van der Waals surface area contributed by atoms with Crippen molar-refractivity contribution in [3.8, 4) is 23.0 Å². The van der Waals surface area contributed by atoms with E-state index in [0.717, 1.165) is 0 Å². The van der Waals surface area contributed by atoms with Crippen molar-refractivity contribution in [3.63, 3.8) is 0 Å². The first-order valence-electron chi connectivity index (χ1n) is 8.59. The second-order valence-corrected chi connectivity index (χ2v) is 5.76. The topological polar surface area (TPSA) is 66.0 Å². The predicted octanol–water partition coefficient (Wildman–Crippen LogP) is 4.19. The van der Waals surface area contributed by atoms with Crippen LogP contribution in [0, 0.1) is 0 Å². The van der Waals surface area contributed by atoms with Gasteiger partial charge in [0.1, 0.15) is 5.75 Å². The van der Waals surface area contributed by atoms with Crippen molar-refractivity contribution in [3.05, 3.63) is 47.5 Å². The lowest BCUT2D eigenvalue weighted by molar-refractivity contribution is -0.0506. The van der Waals surface area contributed by atoms with Gasteiger partial charge >= 0.3 is 6.61 Å². The van der Waals surface area contributed by atoms with Crippen molar-refractivity contribution in [1.29, 1.82) is 0 Å². The number of methoxy groups -OCH3 is 3. The molecule has 0 fully saturated rings. The molecule has 0 aliphatic heterocycles. The molecule has 0 saturated carbocycles. The zero-order valence-electron chi connectivity index (χ0n) is 16.1. The third-order valence-electron chi connectivity index (χ3n) is 4.15. The van der Waals surface area contributed by atoms with Crippen molar-refractivity contribution in [2.24, 2.45) is 0 Å². The van der Waals surface area contributed by atoms with Gasteiger partial charge in [0, 0.05) is 11.1 Å². The van der Waals surface area contributed by atoms with E-state index in [-0.39, 0.29) is 11.3 Å². The molecule has 0 saturated heterocycles. The molecule has 8 heteroatoms. The van der Waals surface area contributed by atoms with E-state index in [4.69, 9.17) is 14.2 Å². The Hall–Kier alpha value is -3.03. The summed E-state index contributed by atoms with van der Waals surface area (Å²) in [6.07, 6.45) is 0.472. The summed E-state index contributed by atoms with van der Waals surface area (Å²) in [5.74, 6) is 0.639. The molecule has 0 heterocycles. The first-order valence-corrected chi connectivity index (χ1v) is 8.59. The molecule has 0 aliphatic carbocycles. The van der Waals surface area contributed by atoms with Crippen molar-refractivity contribution in [2.45, 2.75) is 26.0 Å². The molecule has 0 bridgehead atoms. The molecule has 28 heavy (non-hydrogen) atoms. The van der Waals surface area contributed by atoms with Crippen LogP contribution in [-0.2, 0) is 0 Å². The summed E-state index contributed by atoms with van der Waals surface area (Å²) in [7, 11) is 4.37. The van der Waals surface area contributed by atoms with E-state index in [1.54, 1.807) is 18.2 Å². The molecule has 1 N–H and O–H groups in total. The maximum absolute atomic E-state index is 12.8. The number of rotatable bonds is 9. The Morgan fingerprint density at radius 3 is 2.11 bits per heavy atom. The van der Waals surface area contributed by atoms with E-state index in [2.05, 4.69) is 10.1 Å². The van der Waals surface area contributed by atoms with Crippen molar-refractivity contribution < 1.29 is 32.5 Å². The average molecular weight is 395 g/mol. The number of hydrogen-bond acceptors (Lipinski definition) is 5. The lowest BCUT2D eigenvalue weighted by atomic mass is 10.0. The molecule has 152 valence electrons. The van der Waals surface area contributed by atoms with Gasteiger partial charge in [-0.15, -0.1) is 0 Å². The van der Waals surface area contributed by atoms with E-state index in [1.807, 2.05) is 6.92 Å². The molecule has 0 aliphatic rings. The molecule has 6 nitrogen and oxygen atoms in total. The molecule has 0 spiro atoms. The highest BCUT2D eigenvalue weighted by molar-refractivity contribution is 5.96. The van der Waals surface area contributed by atoms with Gasteiger partial charge in [-0.3, -0.25) is 4.79 Å². The number of ether oxygens (including phenoxy) is 4. The third kappa shape index (κ3) is 4.82. The van der Waals surface area contributed by atoms with Crippen LogP contribution in [0.2, 0.25) is 0 Å². The standard InChI is InChI=1S/C20H23F2NO5/c1-5-14(13-8-6-7-9-15(13)28-20(21)22)23-19(24)12-10-16(25-2)18(27-4)17(11-12)26-3/h6-11,14,20H,5H2,1-4H3,(H,23,24). The number of hydrogen-bond donors (Lipinski definition) is 1. The zero-order valence-corrected chi connectivity index (χ0v) is 16.1. The third-order valence-corrected chi connectivity index (χ3v) is 4.15. The van der Waals surface area contributed by atoms with Gasteiger partial charge in [-0.1, -0.05) is 25.1 Å². The van der Waals surface area contributed by atoms with Gasteiger partial charge in [-0.2, -0.15) is 8.78 Å². The van der Waals surface area contributed by atoms with Gasteiger partial charge in [0.25, 0.3) is 5.91 Å². The van der Waals surface area contributed by atoms with E-state index in [1.165, 1.54) is 39.5 Å². The Balaban J connectivity index is 2.33. The number of carbonyl (C=O) groups is 1. The highest BCUT2D eigenvalue weighted by atomic mass is 19.3. The van der Waals surface area contributed by atoms with Crippen LogP contribution >= 0.6 is 0 Å². The largest absolute Gasteiger partial charge is 0.493 e. The predicted molar refractivity (Wildman–Crippen MR) is 99.7 cm³/mol. The van der Waals surface area contributed by atoms with E-state index in [0.29, 0.717) is 29.2 Å². The van der Waals surface area contributed by atoms with E-state index in [9.17, 15) is 13.6 Å². The normalized spacial score (nSPS) is 11.7. The lowest BCUT2D eigenvalue weighted by Gasteiger charge is -2.21. The summed E-state index contributed by atoms with van der Waals surface area (Å²) in [5.41, 5.74) is 0.742. The fourth-order valence-corrected chi connectivity index (χ4v) is 2.83. The molecule has 0 aromatic heterocycles. The minimum absolute atomic E-state index is 0.0227. The Morgan fingerprint density at radius 2 is 1.61 bits per heavy atom. The monoisotopic (exact) mass is 395 g/mol. The fraction of sp³-hybridized carbons (Fsp3) is 0.350. The first-order chi connectivity index (χ1) is 13.4. The summed E-state index contributed by atoms with van der Waals surface area (Å²) < 4.78 is 45.7. The van der Waals surface area contributed by atoms with Crippen molar-refractivity contribution >= 4 is 5.91 Å². The van der Waals surface area contributed by atoms with Crippen molar-refractivity contribution in [1.82, 2.24) is 5.32 Å². The lowest BCUT2D eigenvalue weighted by Crippen LogP contribution is -2.28. The van der Waals surface area contributed by atoms with Gasteiger partial charge in [0.05, 0.1) is 27.4 Å². The maximum Gasteiger partial charge on any atom is 0.387 e. The molecule has 2 aromatic rings. The zero-order chi connectivity index (χ0) is 20.7. The molecular weight excluding hydrogens is 372 g/mol. The maximum atomic E-state index is 12.8. The molecule has 2 rings (SSSR count). The second-order valence-electron chi connectivity index (χ2n) is 5.76. The molecule has 1 amide bonds.